The number of aromatic nitrogens is 4. The Bertz CT molecular complexity index is 1080. The molecule has 0 unspecified atom stereocenters. The highest BCUT2D eigenvalue weighted by Gasteiger charge is 2.21. The number of H-pyrrole nitrogens is 1. The molecule has 1 N–H and O–H groups in total. The predicted octanol–water partition coefficient (Wildman–Crippen LogP) is 3.84. The van der Waals surface area contributed by atoms with E-state index in [0.717, 1.165) is 6.07 Å². The zero-order valence-electron chi connectivity index (χ0n) is 12.3. The van der Waals surface area contributed by atoms with E-state index in [1.54, 1.807) is 14.0 Å². The second-order valence-electron chi connectivity index (χ2n) is 5.50. The first kappa shape index (κ1) is 13.8. The number of aryl methyl sites for hydroxylation is 2. The lowest BCUT2D eigenvalue weighted by Crippen LogP contribution is -1.91. The average Bonchev–Trinajstić information content (AvgIpc) is 3.03. The zero-order valence-corrected chi connectivity index (χ0v) is 12.3. The molecule has 23 heavy (non-hydrogen) atoms. The Labute approximate surface area is 128 Å². The lowest BCUT2D eigenvalue weighted by molar-refractivity contribution is 0.591. The molecule has 2 aromatic heterocycles. The Kier molecular flexibility index (Phi) is 2.75. The molecule has 0 aliphatic heterocycles. The summed E-state index contributed by atoms with van der Waals surface area (Å²) in [6.07, 6.45) is 1.52. The largest absolute Gasteiger partial charge is 0.276 e. The maximum atomic E-state index is 14.5. The van der Waals surface area contributed by atoms with E-state index in [9.17, 15) is 13.2 Å². The standard InChI is InChI=1S/C16H11F3N4/c1-7-3-8(17)4-9-14(7)20-21-16(9)13-10-6-23(2)22-15(10)12(19)5-11(13)18/h3-6H,1-2H3,(H,20,21). The Balaban J connectivity index is 2.15. The van der Waals surface area contributed by atoms with Gasteiger partial charge >= 0.3 is 0 Å². The summed E-state index contributed by atoms with van der Waals surface area (Å²) in [5, 5.41) is 11.6. The van der Waals surface area contributed by atoms with Crippen LogP contribution in [0.1, 0.15) is 5.56 Å². The number of hydrogen-bond donors (Lipinski definition) is 1. The van der Waals surface area contributed by atoms with E-state index >= 15 is 0 Å². The lowest BCUT2D eigenvalue weighted by atomic mass is 10.0. The summed E-state index contributed by atoms with van der Waals surface area (Å²) < 4.78 is 43.5. The normalized spacial score (nSPS) is 11.7. The van der Waals surface area contributed by atoms with E-state index in [1.807, 2.05) is 0 Å². The maximum Gasteiger partial charge on any atom is 0.154 e. The molecule has 0 amide bonds. The van der Waals surface area contributed by atoms with Crippen molar-refractivity contribution < 1.29 is 13.2 Å². The van der Waals surface area contributed by atoms with E-state index in [4.69, 9.17) is 0 Å². The van der Waals surface area contributed by atoms with Crippen molar-refractivity contribution >= 4 is 21.8 Å². The molecule has 0 saturated carbocycles. The fourth-order valence-corrected chi connectivity index (χ4v) is 2.92. The summed E-state index contributed by atoms with van der Waals surface area (Å²) in [6.45, 7) is 1.72. The second-order valence-corrected chi connectivity index (χ2v) is 5.50. The fraction of sp³-hybridized carbons (Fsp3) is 0.125. The summed E-state index contributed by atoms with van der Waals surface area (Å²) in [5.41, 5.74) is 1.66. The summed E-state index contributed by atoms with van der Waals surface area (Å²) in [5.74, 6) is -1.94. The topological polar surface area (TPSA) is 46.5 Å². The highest BCUT2D eigenvalue weighted by atomic mass is 19.1. The Morgan fingerprint density at radius 2 is 1.78 bits per heavy atom. The van der Waals surface area contributed by atoms with Crippen LogP contribution in [-0.4, -0.2) is 20.0 Å². The van der Waals surface area contributed by atoms with Gasteiger partial charge in [-0.2, -0.15) is 10.2 Å². The summed E-state index contributed by atoms with van der Waals surface area (Å²) in [4.78, 5) is 0. The third kappa shape index (κ3) is 1.93. The van der Waals surface area contributed by atoms with Gasteiger partial charge in [0.05, 0.1) is 11.2 Å². The number of fused-ring (bicyclic) bond motifs is 2. The molecule has 4 aromatic rings. The number of aromatic amines is 1. The van der Waals surface area contributed by atoms with Gasteiger partial charge in [0, 0.05) is 35.6 Å². The third-order valence-electron chi connectivity index (χ3n) is 3.88. The average molecular weight is 316 g/mol. The van der Waals surface area contributed by atoms with E-state index in [0.29, 0.717) is 27.5 Å². The molecule has 0 radical (unpaired) electrons. The van der Waals surface area contributed by atoms with Crippen molar-refractivity contribution in [2.24, 2.45) is 7.05 Å². The number of benzene rings is 2. The van der Waals surface area contributed by atoms with Crippen molar-refractivity contribution in [3.63, 3.8) is 0 Å². The van der Waals surface area contributed by atoms with E-state index in [2.05, 4.69) is 15.3 Å². The van der Waals surface area contributed by atoms with Crippen molar-refractivity contribution in [3.05, 3.63) is 47.4 Å². The number of rotatable bonds is 1. The van der Waals surface area contributed by atoms with Crippen molar-refractivity contribution in [3.8, 4) is 11.3 Å². The summed E-state index contributed by atoms with van der Waals surface area (Å²) in [6, 6.07) is 3.42. The Hall–Kier alpha value is -2.83. The van der Waals surface area contributed by atoms with Gasteiger partial charge in [-0.1, -0.05) is 0 Å². The molecule has 0 aliphatic rings. The minimum absolute atomic E-state index is 0.0553. The van der Waals surface area contributed by atoms with Crippen molar-refractivity contribution in [2.45, 2.75) is 6.92 Å². The molecular formula is C16H11F3N4. The molecule has 116 valence electrons. The molecular weight excluding hydrogens is 305 g/mol. The molecule has 0 spiro atoms. The van der Waals surface area contributed by atoms with Gasteiger partial charge < -0.3 is 0 Å². The SMILES string of the molecule is Cc1cc(F)cc2c(-c3c(F)cc(F)c4nn(C)cc34)[nH]nc12. The van der Waals surface area contributed by atoms with E-state index in [1.165, 1.54) is 23.0 Å². The van der Waals surface area contributed by atoms with Gasteiger partial charge in [0.15, 0.2) is 5.82 Å². The van der Waals surface area contributed by atoms with Gasteiger partial charge in [-0.25, -0.2) is 13.2 Å². The van der Waals surface area contributed by atoms with Crippen LogP contribution in [0.25, 0.3) is 33.1 Å². The van der Waals surface area contributed by atoms with Crippen LogP contribution in [0.2, 0.25) is 0 Å². The van der Waals surface area contributed by atoms with Gasteiger partial charge in [-0.05, 0) is 24.6 Å². The molecule has 4 nitrogen and oxygen atoms in total. The molecule has 4 rings (SSSR count). The number of halogens is 3. The van der Waals surface area contributed by atoms with Gasteiger partial charge in [0.25, 0.3) is 0 Å². The van der Waals surface area contributed by atoms with E-state index in [-0.39, 0.29) is 11.1 Å². The lowest BCUT2D eigenvalue weighted by Gasteiger charge is -2.04. The third-order valence-corrected chi connectivity index (χ3v) is 3.88. The highest BCUT2D eigenvalue weighted by molar-refractivity contribution is 6.03. The summed E-state index contributed by atoms with van der Waals surface area (Å²) in [7, 11) is 1.62. The number of nitrogens with zero attached hydrogens (tertiary/aromatic N) is 3. The van der Waals surface area contributed by atoms with Crippen LogP contribution in [0.15, 0.2) is 24.4 Å². The molecule has 0 fully saturated rings. The molecule has 0 atom stereocenters. The fourth-order valence-electron chi connectivity index (χ4n) is 2.92. The highest BCUT2D eigenvalue weighted by Crippen LogP contribution is 2.36. The van der Waals surface area contributed by atoms with Gasteiger partial charge in [-0.15, -0.1) is 0 Å². The van der Waals surface area contributed by atoms with Crippen LogP contribution in [0.3, 0.4) is 0 Å². The van der Waals surface area contributed by atoms with Gasteiger partial charge in [0.2, 0.25) is 0 Å². The molecule has 0 aliphatic carbocycles. The molecule has 0 saturated heterocycles. The van der Waals surface area contributed by atoms with Crippen LogP contribution in [0.5, 0.6) is 0 Å². The molecule has 2 heterocycles. The molecule has 0 bridgehead atoms. The predicted molar refractivity (Wildman–Crippen MR) is 80.4 cm³/mol. The van der Waals surface area contributed by atoms with Crippen molar-refractivity contribution in [1.29, 1.82) is 0 Å². The van der Waals surface area contributed by atoms with Gasteiger partial charge in [-0.3, -0.25) is 9.78 Å². The Morgan fingerprint density at radius 3 is 2.57 bits per heavy atom. The zero-order chi connectivity index (χ0) is 16.3. The monoisotopic (exact) mass is 316 g/mol. The van der Waals surface area contributed by atoms with Crippen LogP contribution in [-0.2, 0) is 7.05 Å². The van der Waals surface area contributed by atoms with Crippen LogP contribution < -0.4 is 0 Å². The van der Waals surface area contributed by atoms with Crippen molar-refractivity contribution in [1.82, 2.24) is 20.0 Å². The van der Waals surface area contributed by atoms with Crippen LogP contribution in [0, 0.1) is 24.4 Å². The first-order valence-corrected chi connectivity index (χ1v) is 6.91. The first-order valence-electron chi connectivity index (χ1n) is 6.91. The number of hydrogen-bond acceptors (Lipinski definition) is 2. The molecule has 2 aromatic carbocycles. The quantitative estimate of drug-likeness (QED) is 0.580. The van der Waals surface area contributed by atoms with Crippen LogP contribution >= 0.6 is 0 Å². The number of nitrogens with one attached hydrogen (secondary N) is 1. The second kappa shape index (κ2) is 4.58. The minimum atomic E-state index is -0.754. The van der Waals surface area contributed by atoms with Crippen molar-refractivity contribution in [2.75, 3.05) is 0 Å². The summed E-state index contributed by atoms with van der Waals surface area (Å²) >= 11 is 0. The molecule has 7 heteroatoms. The van der Waals surface area contributed by atoms with Crippen LogP contribution in [0.4, 0.5) is 13.2 Å². The van der Waals surface area contributed by atoms with E-state index < -0.39 is 17.5 Å². The maximum absolute atomic E-state index is 14.5. The minimum Gasteiger partial charge on any atom is -0.276 e. The Morgan fingerprint density at radius 1 is 1.00 bits per heavy atom. The van der Waals surface area contributed by atoms with Gasteiger partial charge in [0.1, 0.15) is 17.2 Å². The smallest absolute Gasteiger partial charge is 0.154 e. The first-order chi connectivity index (χ1) is 11.0.